The van der Waals surface area contributed by atoms with Crippen LogP contribution in [0.3, 0.4) is 0 Å². The van der Waals surface area contributed by atoms with E-state index in [4.69, 9.17) is 39.4 Å². The molecular weight excluding hydrogens is 722 g/mol. The number of anilines is 1. The minimum Gasteiger partial charge on any atom is -0.474 e. The number of fused-ring (bicyclic) bond motifs is 4. The number of thiol groups is 1. The van der Waals surface area contributed by atoms with Crippen LogP contribution < -0.4 is 20.9 Å². The van der Waals surface area contributed by atoms with E-state index in [9.17, 15) is 19.0 Å². The number of rotatable bonds is 8. The molecule has 8 atom stereocenters. The molecule has 2 bridgehead atoms. The first-order chi connectivity index (χ1) is 23.2. The fourth-order valence-electron chi connectivity index (χ4n) is 6.21. The maximum absolute atomic E-state index is 13.6. The van der Waals surface area contributed by atoms with Gasteiger partial charge in [0.05, 0.1) is 31.7 Å². The van der Waals surface area contributed by atoms with Crippen LogP contribution in [0.5, 0.6) is 5.88 Å². The summed E-state index contributed by atoms with van der Waals surface area (Å²) in [6.45, 7) is -3.68. The lowest BCUT2D eigenvalue weighted by atomic mass is 9.89. The number of hydrogen-bond acceptors (Lipinski definition) is 15. The molecule has 2 unspecified atom stereocenters. The molecule has 1 saturated carbocycles. The number of carbonyl (C=O) groups excluding carboxylic acids is 1. The molecule has 18 nitrogen and oxygen atoms in total. The molecule has 1 aliphatic carbocycles. The van der Waals surface area contributed by atoms with Crippen molar-refractivity contribution in [2.75, 3.05) is 32.1 Å². The zero-order chi connectivity index (χ0) is 35.0. The van der Waals surface area contributed by atoms with E-state index in [1.54, 1.807) is 19.3 Å². The predicted octanol–water partition coefficient (Wildman–Crippen LogP) is 2.70. The number of amides is 1. The first kappa shape index (κ1) is 36.4. The van der Waals surface area contributed by atoms with Crippen molar-refractivity contribution in [3.05, 3.63) is 35.3 Å². The van der Waals surface area contributed by atoms with Gasteiger partial charge in [-0.3, -0.25) is 29.0 Å². The number of nitrogens with one attached hydrogen (secondary N) is 3. The Morgan fingerprint density at radius 1 is 1.22 bits per heavy atom. The number of ether oxygens (including phenoxy) is 2. The Morgan fingerprint density at radius 2 is 2.04 bits per heavy atom. The monoisotopic (exact) mass is 760 g/mol. The summed E-state index contributed by atoms with van der Waals surface area (Å²) in [5.74, 6) is -0.484. The third-order valence-corrected chi connectivity index (χ3v) is 11.5. The summed E-state index contributed by atoms with van der Waals surface area (Å²) >= 11 is 9.61. The van der Waals surface area contributed by atoms with Gasteiger partial charge < -0.3 is 33.3 Å². The first-order valence-electron chi connectivity index (χ1n) is 15.5. The summed E-state index contributed by atoms with van der Waals surface area (Å²) in [4.78, 5) is 56.0. The molecule has 22 heteroatoms. The van der Waals surface area contributed by atoms with Gasteiger partial charge >= 0.3 is 13.5 Å². The lowest BCUT2D eigenvalue weighted by Crippen LogP contribution is -2.31. The van der Waals surface area contributed by atoms with Crippen LogP contribution in [0.1, 0.15) is 45.8 Å². The van der Waals surface area contributed by atoms with E-state index >= 15 is 0 Å². The zero-order valence-electron chi connectivity index (χ0n) is 26.8. The highest BCUT2D eigenvalue weighted by Gasteiger charge is 2.46. The Bertz CT molecular complexity index is 1820. The minimum absolute atomic E-state index is 0.0273. The Morgan fingerprint density at radius 3 is 2.80 bits per heavy atom. The molecular formula is C27H38N8O10P2S2. The summed E-state index contributed by atoms with van der Waals surface area (Å²) in [6.07, 6.45) is 1.50. The summed E-state index contributed by atoms with van der Waals surface area (Å²) in [5, 5.41) is 5.70. The third kappa shape index (κ3) is 9.12. The van der Waals surface area contributed by atoms with Gasteiger partial charge in [0, 0.05) is 44.0 Å². The van der Waals surface area contributed by atoms with Gasteiger partial charge in [0.15, 0.2) is 17.4 Å². The second-order valence-electron chi connectivity index (χ2n) is 12.9. The number of nitrogens with zero attached hydrogens (tertiary/aromatic N) is 5. The maximum atomic E-state index is 13.6. The van der Waals surface area contributed by atoms with E-state index in [0.717, 1.165) is 0 Å². The largest absolute Gasteiger partial charge is 0.474 e. The van der Waals surface area contributed by atoms with Gasteiger partial charge in [0.2, 0.25) is 17.7 Å². The smallest absolute Gasteiger partial charge is 0.386 e. The Balaban J connectivity index is 1.22. The number of carbonyl (C=O) groups is 1. The van der Waals surface area contributed by atoms with Crippen molar-refractivity contribution < 1.29 is 41.8 Å². The molecule has 3 aromatic heterocycles. The number of aromatic nitrogens is 6. The summed E-state index contributed by atoms with van der Waals surface area (Å²) in [7, 11) is 1.80. The van der Waals surface area contributed by atoms with Gasteiger partial charge in [0.25, 0.3) is 5.56 Å². The molecule has 49 heavy (non-hydrogen) atoms. The van der Waals surface area contributed by atoms with Gasteiger partial charge in [0.1, 0.15) is 18.5 Å². The SMILES string of the molecule is CNCC(C)(C)CC(=O)Nc1nc2c(ncn2[C@@H]2O[C@@H]3COP(O)(=S)O[C@H]4C[C@H](Oc5ccncn5)C[C@@H]4COP(=O)(S)O[C@@H]2C3)c(=O)[nH]1. The van der Waals surface area contributed by atoms with E-state index in [1.165, 1.54) is 17.2 Å². The van der Waals surface area contributed by atoms with Crippen molar-refractivity contribution in [1.29, 1.82) is 0 Å². The van der Waals surface area contributed by atoms with Crippen molar-refractivity contribution in [3.63, 3.8) is 0 Å². The second-order valence-corrected chi connectivity index (χ2v) is 18.5. The van der Waals surface area contributed by atoms with Crippen molar-refractivity contribution >= 4 is 60.6 Å². The van der Waals surface area contributed by atoms with Crippen LogP contribution in [0.25, 0.3) is 11.2 Å². The van der Waals surface area contributed by atoms with Crippen LogP contribution >= 0.6 is 25.8 Å². The van der Waals surface area contributed by atoms with Crippen molar-refractivity contribution in [1.82, 2.24) is 34.8 Å². The van der Waals surface area contributed by atoms with Crippen molar-refractivity contribution in [3.8, 4) is 5.88 Å². The van der Waals surface area contributed by atoms with Crippen LogP contribution in [-0.4, -0.2) is 91.5 Å². The van der Waals surface area contributed by atoms with E-state index in [1.807, 2.05) is 13.8 Å². The predicted molar refractivity (Wildman–Crippen MR) is 182 cm³/mol. The van der Waals surface area contributed by atoms with Gasteiger partial charge in [-0.15, -0.1) is 0 Å². The quantitative estimate of drug-likeness (QED) is 0.164. The summed E-state index contributed by atoms with van der Waals surface area (Å²) in [5.41, 5.74) is -0.908. The molecule has 6 rings (SSSR count). The van der Waals surface area contributed by atoms with Gasteiger partial charge in [-0.2, -0.15) is 4.98 Å². The van der Waals surface area contributed by atoms with Gasteiger partial charge in [-0.25, -0.2) is 19.5 Å². The topological polar surface area (TPSA) is 223 Å². The fraction of sp³-hybridized carbons (Fsp3) is 0.630. The third-order valence-electron chi connectivity index (χ3n) is 8.25. The molecule has 3 aliphatic rings. The lowest BCUT2D eigenvalue weighted by Gasteiger charge is -2.27. The van der Waals surface area contributed by atoms with Crippen LogP contribution in [0.4, 0.5) is 5.95 Å². The Hall–Kier alpha value is -2.35. The molecule has 0 aromatic carbocycles. The van der Waals surface area contributed by atoms with Gasteiger partial charge in [-0.05, 0) is 30.7 Å². The number of aromatic amines is 1. The highest BCUT2D eigenvalue weighted by atomic mass is 32.7. The normalized spacial score (nSPS) is 32.5. The summed E-state index contributed by atoms with van der Waals surface area (Å²) in [6, 6.07) is 1.62. The van der Waals surface area contributed by atoms with Crippen LogP contribution in [0.2, 0.25) is 0 Å². The van der Waals surface area contributed by atoms with Crippen LogP contribution in [0, 0.1) is 11.3 Å². The minimum atomic E-state index is -4.04. The molecule has 3 fully saturated rings. The molecule has 1 amide bonds. The van der Waals surface area contributed by atoms with Crippen LogP contribution in [0.15, 0.2) is 29.7 Å². The highest BCUT2D eigenvalue weighted by Crippen LogP contribution is 2.58. The molecule has 4 N–H and O–H groups in total. The van der Waals surface area contributed by atoms with Crippen molar-refractivity contribution in [2.45, 2.75) is 70.2 Å². The standard InChI is InChI=1S/C27H38N8O10P2S2/c1-27(2,12-28-3)9-20(36)32-26-33-23-22(24(37)34-26)31-14-35(23)25-19-8-17(43-25)11-41-47(39,49)44-18-7-16(42-21-4-5-29-13-30-21)6-15(18)10-40-46(38,48)45-19/h4-5,13-19,25,28H,6-12H2,1-3H3,(H,38,48)(H,39,49)(H2,32,33,34,36,37)/t15-,16-,17+,18+,19-,25-,46?,47?/m1/s1. The molecule has 0 radical (unpaired) electrons. The maximum Gasteiger partial charge on any atom is 0.386 e. The molecule has 2 aliphatic heterocycles. The molecule has 2 saturated heterocycles. The van der Waals surface area contributed by atoms with E-state index in [0.29, 0.717) is 25.3 Å². The molecule has 5 heterocycles. The second kappa shape index (κ2) is 14.7. The van der Waals surface area contributed by atoms with Crippen molar-refractivity contribution in [2.24, 2.45) is 11.3 Å². The Labute approximate surface area is 291 Å². The Kier molecular flexibility index (Phi) is 10.9. The number of H-pyrrole nitrogens is 1. The summed E-state index contributed by atoms with van der Waals surface area (Å²) < 4.78 is 50.6. The van der Waals surface area contributed by atoms with Crippen LogP contribution in [-0.2, 0) is 44.0 Å². The van der Waals surface area contributed by atoms with E-state index in [2.05, 4.69) is 47.8 Å². The lowest BCUT2D eigenvalue weighted by molar-refractivity contribution is -0.118. The molecule has 268 valence electrons. The first-order valence-corrected chi connectivity index (χ1v) is 20.8. The average Bonchev–Trinajstić information content (AvgIpc) is 3.71. The van der Waals surface area contributed by atoms with E-state index in [-0.39, 0.29) is 60.6 Å². The number of imidazole rings is 1. The fourth-order valence-corrected chi connectivity index (χ4v) is 9.28. The zero-order valence-corrected chi connectivity index (χ0v) is 30.3. The highest BCUT2D eigenvalue weighted by molar-refractivity contribution is 8.44. The number of hydrogen-bond donors (Lipinski definition) is 5. The van der Waals surface area contributed by atoms with Gasteiger partial charge in [-0.1, -0.05) is 26.1 Å². The molecule has 3 aromatic rings. The van der Waals surface area contributed by atoms with E-state index < -0.39 is 49.5 Å². The average molecular weight is 761 g/mol. The molecule has 0 spiro atoms.